The first-order valence-corrected chi connectivity index (χ1v) is 9.59. The number of ether oxygens (including phenoxy) is 1. The fourth-order valence-electron chi connectivity index (χ4n) is 3.07. The first kappa shape index (κ1) is 19.5. The molecule has 27 heavy (non-hydrogen) atoms. The molecule has 0 saturated carbocycles. The number of Topliss-reactive ketones (excluding diaryl/α,β-unsaturated/α-hetero) is 1. The van der Waals surface area contributed by atoms with Crippen LogP contribution in [0.15, 0.2) is 58.3 Å². The Kier molecular flexibility index (Phi) is 5.94. The van der Waals surface area contributed by atoms with Gasteiger partial charge in [-0.1, -0.05) is 23.9 Å². The first-order valence-electron chi connectivity index (χ1n) is 8.78. The molecule has 142 valence electrons. The molecule has 0 amide bonds. The van der Waals surface area contributed by atoms with Gasteiger partial charge in [0.05, 0.1) is 23.7 Å². The van der Waals surface area contributed by atoms with Gasteiger partial charge in [-0.25, -0.2) is 0 Å². The summed E-state index contributed by atoms with van der Waals surface area (Å²) >= 11 is 1.50. The summed E-state index contributed by atoms with van der Waals surface area (Å²) < 4.78 is 5.38. The molecule has 0 radical (unpaired) electrons. The van der Waals surface area contributed by atoms with Crippen molar-refractivity contribution >= 4 is 23.2 Å². The van der Waals surface area contributed by atoms with Crippen LogP contribution in [0.2, 0.25) is 0 Å². The van der Waals surface area contributed by atoms with Gasteiger partial charge in [0.25, 0.3) is 5.69 Å². The number of nitrogens with zero attached hydrogens (tertiary/aromatic N) is 2. The number of nitro groups is 1. The van der Waals surface area contributed by atoms with Crippen molar-refractivity contribution in [2.24, 2.45) is 0 Å². The van der Waals surface area contributed by atoms with Crippen LogP contribution in [0.4, 0.5) is 5.69 Å². The van der Waals surface area contributed by atoms with Crippen molar-refractivity contribution in [1.29, 1.82) is 0 Å². The maximum absolute atomic E-state index is 13.0. The van der Waals surface area contributed by atoms with Crippen LogP contribution in [0.1, 0.15) is 24.2 Å². The van der Waals surface area contributed by atoms with Gasteiger partial charge in [-0.2, -0.15) is 0 Å². The molecule has 1 saturated heterocycles. The first-order chi connectivity index (χ1) is 12.9. The zero-order valence-electron chi connectivity index (χ0n) is 15.4. The number of carbonyl (C=O) groups excluding carboxylic acids is 1. The topological polar surface area (TPSA) is 72.7 Å². The van der Waals surface area contributed by atoms with Gasteiger partial charge in [-0.15, -0.1) is 0 Å². The molecule has 0 bridgehead atoms. The molecule has 7 heteroatoms. The van der Waals surface area contributed by atoms with Gasteiger partial charge in [0.2, 0.25) is 0 Å². The highest BCUT2D eigenvalue weighted by molar-refractivity contribution is 7.99. The van der Waals surface area contributed by atoms with Crippen molar-refractivity contribution in [3.05, 3.63) is 64.2 Å². The molecular weight excluding hydrogens is 364 g/mol. The normalized spacial score (nSPS) is 15.5. The number of rotatable bonds is 6. The molecule has 0 N–H and O–H groups in total. The SMILES string of the molecule is CC(C)(C(=O)c1ccc(Sc2ccc([N+](=O)[O-])cc2)cc1)N1CCOCC1. The number of non-ortho nitro benzene ring substituents is 1. The van der Waals surface area contributed by atoms with E-state index in [9.17, 15) is 14.9 Å². The average molecular weight is 386 g/mol. The summed E-state index contributed by atoms with van der Waals surface area (Å²) in [6.07, 6.45) is 0. The molecule has 1 aliphatic heterocycles. The molecule has 0 spiro atoms. The van der Waals surface area contributed by atoms with Crippen LogP contribution < -0.4 is 0 Å². The smallest absolute Gasteiger partial charge is 0.269 e. The number of nitro benzene ring substituents is 1. The third-order valence-corrected chi connectivity index (χ3v) is 5.77. The summed E-state index contributed by atoms with van der Waals surface area (Å²) in [5.41, 5.74) is 0.182. The third kappa shape index (κ3) is 4.55. The molecule has 1 aliphatic rings. The number of ketones is 1. The van der Waals surface area contributed by atoms with Gasteiger partial charge in [0.1, 0.15) is 0 Å². The molecule has 3 rings (SSSR count). The monoisotopic (exact) mass is 386 g/mol. The Morgan fingerprint density at radius 3 is 2.07 bits per heavy atom. The summed E-state index contributed by atoms with van der Waals surface area (Å²) in [6, 6.07) is 13.9. The Balaban J connectivity index is 1.69. The van der Waals surface area contributed by atoms with Crippen LogP contribution in [-0.2, 0) is 4.74 Å². The Labute approximate surface area is 162 Å². The van der Waals surface area contributed by atoms with Crippen LogP contribution >= 0.6 is 11.8 Å². The van der Waals surface area contributed by atoms with Crippen LogP contribution in [0.5, 0.6) is 0 Å². The summed E-state index contributed by atoms with van der Waals surface area (Å²) in [6.45, 7) is 6.74. The van der Waals surface area contributed by atoms with Crippen LogP contribution in [0.25, 0.3) is 0 Å². The molecule has 0 atom stereocenters. The molecular formula is C20H22N2O4S. The second-order valence-electron chi connectivity index (χ2n) is 6.87. The van der Waals surface area contributed by atoms with E-state index in [2.05, 4.69) is 4.90 Å². The zero-order valence-corrected chi connectivity index (χ0v) is 16.2. The molecule has 2 aromatic carbocycles. The van der Waals surface area contributed by atoms with E-state index in [-0.39, 0.29) is 11.5 Å². The van der Waals surface area contributed by atoms with Crippen molar-refractivity contribution in [2.75, 3.05) is 26.3 Å². The fourth-order valence-corrected chi connectivity index (χ4v) is 3.88. The lowest BCUT2D eigenvalue weighted by molar-refractivity contribution is -0.384. The molecule has 0 aromatic heterocycles. The summed E-state index contributed by atoms with van der Waals surface area (Å²) in [7, 11) is 0. The molecule has 1 heterocycles. The van der Waals surface area contributed by atoms with E-state index in [1.54, 1.807) is 12.1 Å². The Hall–Kier alpha value is -2.22. The van der Waals surface area contributed by atoms with Gasteiger partial charge in [0.15, 0.2) is 5.78 Å². The molecule has 0 aliphatic carbocycles. The molecule has 1 fully saturated rings. The van der Waals surface area contributed by atoms with Crippen molar-refractivity contribution in [1.82, 2.24) is 4.90 Å². The largest absolute Gasteiger partial charge is 0.379 e. The predicted octanol–water partition coefficient (Wildman–Crippen LogP) is 4.04. The average Bonchev–Trinajstić information content (AvgIpc) is 2.69. The number of hydrogen-bond donors (Lipinski definition) is 0. The Morgan fingerprint density at radius 2 is 1.56 bits per heavy atom. The maximum Gasteiger partial charge on any atom is 0.269 e. The third-order valence-electron chi connectivity index (χ3n) is 4.76. The Morgan fingerprint density at radius 1 is 1.04 bits per heavy atom. The van der Waals surface area contributed by atoms with Crippen LogP contribution in [-0.4, -0.2) is 47.4 Å². The van der Waals surface area contributed by atoms with Crippen molar-refractivity contribution in [3.63, 3.8) is 0 Å². The van der Waals surface area contributed by atoms with Gasteiger partial charge >= 0.3 is 0 Å². The van der Waals surface area contributed by atoms with Crippen LogP contribution in [0.3, 0.4) is 0 Å². The second kappa shape index (κ2) is 8.21. The Bertz CT molecular complexity index is 813. The maximum atomic E-state index is 13.0. The minimum Gasteiger partial charge on any atom is -0.379 e. The number of hydrogen-bond acceptors (Lipinski definition) is 6. The summed E-state index contributed by atoms with van der Waals surface area (Å²) in [5, 5.41) is 10.7. The van der Waals surface area contributed by atoms with Crippen molar-refractivity contribution < 1.29 is 14.5 Å². The lowest BCUT2D eigenvalue weighted by Gasteiger charge is -2.39. The summed E-state index contributed by atoms with van der Waals surface area (Å²) in [4.78, 5) is 27.3. The van der Waals surface area contributed by atoms with Gasteiger partial charge in [-0.05, 0) is 38.1 Å². The van der Waals surface area contributed by atoms with E-state index in [0.29, 0.717) is 18.8 Å². The van der Waals surface area contributed by atoms with E-state index in [1.807, 2.05) is 38.1 Å². The quantitative estimate of drug-likeness (QED) is 0.424. The van der Waals surface area contributed by atoms with Crippen molar-refractivity contribution in [2.45, 2.75) is 29.2 Å². The highest BCUT2D eigenvalue weighted by Crippen LogP contribution is 2.30. The lowest BCUT2D eigenvalue weighted by atomic mass is 9.91. The lowest BCUT2D eigenvalue weighted by Crippen LogP contribution is -2.54. The van der Waals surface area contributed by atoms with Gasteiger partial charge in [0, 0.05) is 40.6 Å². The molecule has 2 aromatic rings. The minimum atomic E-state index is -0.573. The van der Waals surface area contributed by atoms with E-state index in [4.69, 9.17) is 4.74 Å². The van der Waals surface area contributed by atoms with E-state index in [1.165, 1.54) is 23.9 Å². The van der Waals surface area contributed by atoms with Crippen molar-refractivity contribution in [3.8, 4) is 0 Å². The molecule has 0 unspecified atom stereocenters. The highest BCUT2D eigenvalue weighted by Gasteiger charge is 2.35. The molecule has 6 nitrogen and oxygen atoms in total. The number of carbonyl (C=O) groups is 1. The standard InChI is InChI=1S/C20H22N2O4S/c1-20(2,21-11-13-26-14-12-21)19(23)15-3-7-17(8-4-15)27-18-9-5-16(6-10-18)22(24)25/h3-10H,11-14H2,1-2H3. The highest BCUT2D eigenvalue weighted by atomic mass is 32.2. The zero-order chi connectivity index (χ0) is 19.4. The second-order valence-corrected chi connectivity index (χ2v) is 8.01. The predicted molar refractivity (Wildman–Crippen MR) is 104 cm³/mol. The van der Waals surface area contributed by atoms with E-state index >= 15 is 0 Å². The van der Waals surface area contributed by atoms with Gasteiger partial charge in [-0.3, -0.25) is 19.8 Å². The van der Waals surface area contributed by atoms with E-state index in [0.717, 1.165) is 22.9 Å². The minimum absolute atomic E-state index is 0.0747. The van der Waals surface area contributed by atoms with E-state index < -0.39 is 10.5 Å². The number of morpholine rings is 1. The fraction of sp³-hybridized carbons (Fsp3) is 0.350. The van der Waals surface area contributed by atoms with Gasteiger partial charge < -0.3 is 4.74 Å². The summed E-state index contributed by atoms with van der Waals surface area (Å²) in [5.74, 6) is 0.0938. The van der Waals surface area contributed by atoms with Crippen LogP contribution in [0, 0.1) is 10.1 Å². The number of benzene rings is 2.